The molecule has 94 valence electrons. The number of halogens is 2. The molecule has 0 unspecified atom stereocenters. The lowest BCUT2D eigenvalue weighted by Crippen LogP contribution is -1.96. The van der Waals surface area contributed by atoms with Crippen molar-refractivity contribution in [3.63, 3.8) is 0 Å². The highest BCUT2D eigenvalue weighted by Crippen LogP contribution is 2.27. The zero-order valence-electron chi connectivity index (χ0n) is 9.65. The Hall–Kier alpha value is -1.46. The maximum absolute atomic E-state index is 13.0. The molecule has 1 aromatic carbocycles. The molecule has 0 saturated carbocycles. The zero-order valence-corrected chi connectivity index (χ0v) is 11.2. The van der Waals surface area contributed by atoms with E-state index in [2.05, 4.69) is 20.9 Å². The second kappa shape index (κ2) is 5.46. The first-order valence-corrected chi connectivity index (χ1v) is 6.08. The molecule has 0 aliphatic heterocycles. The maximum atomic E-state index is 13.0. The van der Waals surface area contributed by atoms with Crippen LogP contribution < -0.4 is 4.74 Å². The molecule has 0 bridgehead atoms. The summed E-state index contributed by atoms with van der Waals surface area (Å²) in [6, 6.07) is 6.65. The third-order valence-electron chi connectivity index (χ3n) is 2.41. The molecule has 0 saturated heterocycles. The van der Waals surface area contributed by atoms with Gasteiger partial charge in [-0.1, -0.05) is 15.9 Å². The Balaban J connectivity index is 2.30. The summed E-state index contributed by atoms with van der Waals surface area (Å²) in [5.74, 6) is 0.295. The molecule has 0 aliphatic carbocycles. The molecular weight excluding hydrogens is 301 g/mol. The number of aliphatic hydroxyl groups excluding tert-OH is 1. The number of ether oxygens (including phenoxy) is 1. The second-order valence-electron chi connectivity index (χ2n) is 3.79. The van der Waals surface area contributed by atoms with Crippen LogP contribution in [0.1, 0.15) is 11.1 Å². The predicted octanol–water partition coefficient (Wildman–Crippen LogP) is 3.58. The standard InChI is InChI=1S/C13H11BrFNO2/c1-8-4-11(2-3-12(8)14)18-13-9(7-17)5-10(15)6-16-13/h2-6,17H,7H2,1H3. The number of nitrogens with zero attached hydrogens (tertiary/aromatic N) is 1. The third kappa shape index (κ3) is 2.86. The number of aromatic nitrogens is 1. The molecular formula is C13H11BrFNO2. The fourth-order valence-corrected chi connectivity index (χ4v) is 1.71. The van der Waals surface area contributed by atoms with Crippen molar-refractivity contribution < 1.29 is 14.2 Å². The van der Waals surface area contributed by atoms with Gasteiger partial charge in [0.05, 0.1) is 12.8 Å². The summed E-state index contributed by atoms with van der Waals surface area (Å²) in [5, 5.41) is 9.13. The van der Waals surface area contributed by atoms with Gasteiger partial charge in [-0.3, -0.25) is 0 Å². The number of hydrogen-bond acceptors (Lipinski definition) is 3. The van der Waals surface area contributed by atoms with E-state index in [0.29, 0.717) is 11.3 Å². The zero-order chi connectivity index (χ0) is 13.1. The Labute approximate surface area is 112 Å². The lowest BCUT2D eigenvalue weighted by atomic mass is 10.2. The first-order valence-electron chi connectivity index (χ1n) is 5.29. The van der Waals surface area contributed by atoms with Gasteiger partial charge in [-0.2, -0.15) is 0 Å². The molecule has 18 heavy (non-hydrogen) atoms. The molecule has 5 heteroatoms. The number of rotatable bonds is 3. The van der Waals surface area contributed by atoms with Gasteiger partial charge in [0, 0.05) is 10.0 Å². The number of pyridine rings is 1. The highest BCUT2D eigenvalue weighted by atomic mass is 79.9. The van der Waals surface area contributed by atoms with Crippen LogP contribution in [0.3, 0.4) is 0 Å². The third-order valence-corrected chi connectivity index (χ3v) is 3.30. The van der Waals surface area contributed by atoms with Crippen LogP contribution in [0.25, 0.3) is 0 Å². The van der Waals surface area contributed by atoms with Crippen LogP contribution in [0.4, 0.5) is 4.39 Å². The van der Waals surface area contributed by atoms with Gasteiger partial charge in [-0.25, -0.2) is 9.37 Å². The minimum atomic E-state index is -0.501. The first kappa shape index (κ1) is 13.0. The van der Waals surface area contributed by atoms with Gasteiger partial charge < -0.3 is 9.84 Å². The van der Waals surface area contributed by atoms with Crippen molar-refractivity contribution in [2.75, 3.05) is 0 Å². The summed E-state index contributed by atoms with van der Waals surface area (Å²) in [5.41, 5.74) is 1.33. The van der Waals surface area contributed by atoms with E-state index in [1.807, 2.05) is 19.1 Å². The van der Waals surface area contributed by atoms with Gasteiger partial charge in [0.1, 0.15) is 11.6 Å². The van der Waals surface area contributed by atoms with Crippen LogP contribution in [-0.4, -0.2) is 10.1 Å². The van der Waals surface area contributed by atoms with Gasteiger partial charge in [0.25, 0.3) is 0 Å². The van der Waals surface area contributed by atoms with E-state index in [9.17, 15) is 4.39 Å². The average Bonchev–Trinajstić information content (AvgIpc) is 2.36. The van der Waals surface area contributed by atoms with E-state index in [0.717, 1.165) is 16.2 Å². The molecule has 0 spiro atoms. The van der Waals surface area contributed by atoms with Crippen molar-refractivity contribution in [2.24, 2.45) is 0 Å². The Morgan fingerprint density at radius 1 is 1.39 bits per heavy atom. The largest absolute Gasteiger partial charge is 0.439 e. The molecule has 2 rings (SSSR count). The molecule has 1 N–H and O–H groups in total. The van der Waals surface area contributed by atoms with Crippen molar-refractivity contribution in [3.8, 4) is 11.6 Å². The van der Waals surface area contributed by atoms with E-state index in [1.165, 1.54) is 6.07 Å². The Kier molecular flexibility index (Phi) is 3.93. The SMILES string of the molecule is Cc1cc(Oc2ncc(F)cc2CO)ccc1Br. The number of aryl methyl sites for hydroxylation is 1. The molecule has 0 amide bonds. The average molecular weight is 312 g/mol. The lowest BCUT2D eigenvalue weighted by Gasteiger charge is -2.09. The highest BCUT2D eigenvalue weighted by molar-refractivity contribution is 9.10. The topological polar surface area (TPSA) is 42.4 Å². The van der Waals surface area contributed by atoms with Gasteiger partial charge in [-0.15, -0.1) is 0 Å². The molecule has 0 radical (unpaired) electrons. The summed E-state index contributed by atoms with van der Waals surface area (Å²) in [7, 11) is 0. The summed E-state index contributed by atoms with van der Waals surface area (Å²) >= 11 is 3.39. The normalized spacial score (nSPS) is 10.4. The summed E-state index contributed by atoms with van der Waals surface area (Å²) < 4.78 is 19.5. The molecule has 2 aromatic rings. The van der Waals surface area contributed by atoms with Crippen molar-refractivity contribution >= 4 is 15.9 Å². The van der Waals surface area contributed by atoms with Crippen molar-refractivity contribution in [1.29, 1.82) is 0 Å². The monoisotopic (exact) mass is 311 g/mol. The Bertz CT molecular complexity index is 575. The molecule has 0 fully saturated rings. The lowest BCUT2D eigenvalue weighted by molar-refractivity contribution is 0.274. The van der Waals surface area contributed by atoms with Crippen molar-refractivity contribution in [2.45, 2.75) is 13.5 Å². The minimum absolute atomic E-state index is 0.209. The summed E-state index contributed by atoms with van der Waals surface area (Å²) in [6.45, 7) is 1.61. The van der Waals surface area contributed by atoms with Crippen molar-refractivity contribution in [1.82, 2.24) is 4.98 Å². The molecule has 1 heterocycles. The fourth-order valence-electron chi connectivity index (χ4n) is 1.47. The van der Waals surface area contributed by atoms with Crippen LogP contribution in [-0.2, 0) is 6.61 Å². The number of benzene rings is 1. The van der Waals surface area contributed by atoms with Gasteiger partial charge in [-0.05, 0) is 36.8 Å². The molecule has 1 aromatic heterocycles. The van der Waals surface area contributed by atoms with E-state index in [1.54, 1.807) is 6.07 Å². The minimum Gasteiger partial charge on any atom is -0.439 e. The van der Waals surface area contributed by atoms with Crippen LogP contribution in [0.5, 0.6) is 11.6 Å². The van der Waals surface area contributed by atoms with Crippen molar-refractivity contribution in [3.05, 3.63) is 51.9 Å². The van der Waals surface area contributed by atoms with Crippen LogP contribution >= 0.6 is 15.9 Å². The first-order chi connectivity index (χ1) is 8.60. The van der Waals surface area contributed by atoms with Crippen LogP contribution in [0.2, 0.25) is 0 Å². The molecule has 0 atom stereocenters. The summed E-state index contributed by atoms with van der Waals surface area (Å²) in [6.07, 6.45) is 1.06. The van der Waals surface area contributed by atoms with E-state index in [4.69, 9.17) is 9.84 Å². The van der Waals surface area contributed by atoms with E-state index < -0.39 is 5.82 Å². The maximum Gasteiger partial charge on any atom is 0.224 e. The van der Waals surface area contributed by atoms with Gasteiger partial charge in [0.2, 0.25) is 5.88 Å². The van der Waals surface area contributed by atoms with E-state index in [-0.39, 0.29) is 12.5 Å². The predicted molar refractivity (Wildman–Crippen MR) is 69.1 cm³/mol. The fraction of sp³-hybridized carbons (Fsp3) is 0.154. The Morgan fingerprint density at radius 2 is 2.17 bits per heavy atom. The van der Waals surface area contributed by atoms with Gasteiger partial charge >= 0.3 is 0 Å². The molecule has 0 aliphatic rings. The van der Waals surface area contributed by atoms with Gasteiger partial charge in [0.15, 0.2) is 0 Å². The number of hydrogen-bond donors (Lipinski definition) is 1. The van der Waals surface area contributed by atoms with Crippen LogP contribution in [0, 0.1) is 12.7 Å². The van der Waals surface area contributed by atoms with E-state index >= 15 is 0 Å². The smallest absolute Gasteiger partial charge is 0.224 e. The quantitative estimate of drug-likeness (QED) is 0.942. The molecule has 3 nitrogen and oxygen atoms in total. The van der Waals surface area contributed by atoms with Crippen LogP contribution in [0.15, 0.2) is 34.9 Å². The summed E-state index contributed by atoms with van der Waals surface area (Å²) in [4.78, 5) is 3.83. The second-order valence-corrected chi connectivity index (χ2v) is 4.64. The number of aliphatic hydroxyl groups is 1. The highest BCUT2D eigenvalue weighted by Gasteiger charge is 2.08. The Morgan fingerprint density at radius 3 is 2.83 bits per heavy atom.